The molecule has 0 fully saturated rings. The summed E-state index contributed by atoms with van der Waals surface area (Å²) in [4.78, 5) is 2.53. The second-order valence-electron chi connectivity index (χ2n) is 16.3. The van der Waals surface area contributed by atoms with E-state index in [-0.39, 0.29) is 21.8 Å². The molecule has 1 atom stereocenters. The van der Waals surface area contributed by atoms with Crippen molar-refractivity contribution in [2.45, 2.75) is 83.6 Å². The average molecular weight is 652 g/mol. The maximum atomic E-state index is 2.53. The van der Waals surface area contributed by atoms with E-state index >= 15 is 0 Å². The minimum Gasteiger partial charge on any atom is -0.331 e. The molecule has 2 aliphatic rings. The van der Waals surface area contributed by atoms with Crippen LogP contribution in [0.25, 0.3) is 22.3 Å². The van der Waals surface area contributed by atoms with Crippen molar-refractivity contribution in [2.24, 2.45) is 0 Å². The molecule has 1 nitrogen and oxygen atoms in total. The number of para-hydroxylation sites is 2. The quantitative estimate of drug-likeness (QED) is 0.166. The lowest BCUT2D eigenvalue weighted by atomic mass is 9.73. The van der Waals surface area contributed by atoms with Gasteiger partial charge in [0.05, 0.1) is 5.54 Å². The number of hydrogen-bond acceptors (Lipinski definition) is 1. The Kier molecular flexibility index (Phi) is 7.32. The van der Waals surface area contributed by atoms with Crippen LogP contribution in [0.4, 0.5) is 11.4 Å². The van der Waals surface area contributed by atoms with Gasteiger partial charge in [-0.1, -0.05) is 164 Å². The van der Waals surface area contributed by atoms with E-state index in [1.165, 1.54) is 72.6 Å². The van der Waals surface area contributed by atoms with Gasteiger partial charge >= 0.3 is 0 Å². The molecular formula is C49H49N. The van der Waals surface area contributed by atoms with Crippen LogP contribution < -0.4 is 4.90 Å². The first kappa shape index (κ1) is 32.3. The van der Waals surface area contributed by atoms with Crippen LogP contribution >= 0.6 is 0 Å². The van der Waals surface area contributed by atoms with Crippen LogP contribution in [0.15, 0.2) is 140 Å². The summed E-state index contributed by atoms with van der Waals surface area (Å²) in [7, 11) is 0. The summed E-state index contributed by atoms with van der Waals surface area (Å²) in [5.74, 6) is 0. The first-order valence-electron chi connectivity index (χ1n) is 18.3. The molecule has 1 unspecified atom stereocenters. The number of rotatable bonds is 7. The van der Waals surface area contributed by atoms with Gasteiger partial charge in [-0.05, 0) is 98.8 Å². The largest absolute Gasteiger partial charge is 0.331 e. The van der Waals surface area contributed by atoms with E-state index in [4.69, 9.17) is 0 Å². The Balaban J connectivity index is 1.18. The highest BCUT2D eigenvalue weighted by Gasteiger charge is 2.41. The maximum Gasteiger partial charge on any atom is 0.0671 e. The Morgan fingerprint density at radius 1 is 0.440 bits per heavy atom. The van der Waals surface area contributed by atoms with Crippen LogP contribution in [-0.2, 0) is 21.8 Å². The van der Waals surface area contributed by atoms with Crippen molar-refractivity contribution in [3.63, 3.8) is 0 Å². The van der Waals surface area contributed by atoms with Gasteiger partial charge in [0.2, 0.25) is 0 Å². The summed E-state index contributed by atoms with van der Waals surface area (Å²) in [6.07, 6.45) is 0.962. The molecule has 250 valence electrons. The molecule has 50 heavy (non-hydrogen) atoms. The average Bonchev–Trinajstić information content (AvgIpc) is 3.51. The second kappa shape index (κ2) is 11.3. The summed E-state index contributed by atoms with van der Waals surface area (Å²) >= 11 is 0. The highest BCUT2D eigenvalue weighted by molar-refractivity contribution is 5.83. The summed E-state index contributed by atoms with van der Waals surface area (Å²) in [6, 6.07) is 52.5. The highest BCUT2D eigenvalue weighted by atomic mass is 15.2. The standard InChI is InChI=1S/C49H49N/c1-9-49(8,50(36-18-12-10-13-19-36)37-20-14-11-15-21-37)35-26-29-41-40-28-25-34(31-44(40)48(6,7)45(41)32-35)46(2,3)33-24-27-39-38-22-16-17-23-42(38)47(4,5)43(39)30-33/h10-32H,9H2,1-8H3. The van der Waals surface area contributed by atoms with Crippen LogP contribution in [0.5, 0.6) is 0 Å². The van der Waals surface area contributed by atoms with E-state index in [0.717, 1.165) is 6.42 Å². The van der Waals surface area contributed by atoms with E-state index in [2.05, 4.69) is 200 Å². The summed E-state index contributed by atoms with van der Waals surface area (Å²) in [6.45, 7) is 19.1. The Bertz CT molecular complexity index is 2200. The molecule has 0 N–H and O–H groups in total. The Hall–Kier alpha value is -4.88. The van der Waals surface area contributed by atoms with Crippen LogP contribution in [0.3, 0.4) is 0 Å². The monoisotopic (exact) mass is 651 g/mol. The van der Waals surface area contributed by atoms with Gasteiger partial charge in [-0.2, -0.15) is 0 Å². The van der Waals surface area contributed by atoms with Crippen LogP contribution in [-0.4, -0.2) is 0 Å². The lowest BCUT2D eigenvalue weighted by Gasteiger charge is -2.43. The Labute approximate surface area is 299 Å². The zero-order valence-electron chi connectivity index (χ0n) is 30.9. The molecule has 0 aliphatic heterocycles. The minimum absolute atomic E-state index is 0.0130. The predicted molar refractivity (Wildman–Crippen MR) is 213 cm³/mol. The van der Waals surface area contributed by atoms with Crippen molar-refractivity contribution in [2.75, 3.05) is 4.90 Å². The van der Waals surface area contributed by atoms with Crippen molar-refractivity contribution in [1.82, 2.24) is 0 Å². The van der Waals surface area contributed by atoms with Crippen molar-refractivity contribution in [3.8, 4) is 22.3 Å². The van der Waals surface area contributed by atoms with E-state index in [1.807, 2.05) is 0 Å². The zero-order valence-corrected chi connectivity index (χ0v) is 30.9. The SMILES string of the molecule is CCC(C)(c1ccc2c(c1)C(C)(C)c1cc(C(C)(C)c3ccc4c(c3)C(C)(C)c3ccccc3-4)ccc1-2)N(c1ccccc1)c1ccccc1. The van der Waals surface area contributed by atoms with Gasteiger partial charge in [-0.3, -0.25) is 0 Å². The highest BCUT2D eigenvalue weighted by Crippen LogP contribution is 2.53. The van der Waals surface area contributed by atoms with Gasteiger partial charge in [0.15, 0.2) is 0 Å². The lowest BCUT2D eigenvalue weighted by molar-refractivity contribution is 0.462. The smallest absolute Gasteiger partial charge is 0.0671 e. The number of hydrogen-bond donors (Lipinski definition) is 0. The van der Waals surface area contributed by atoms with Gasteiger partial charge < -0.3 is 4.90 Å². The molecule has 0 aromatic heterocycles. The number of benzene rings is 6. The lowest BCUT2D eigenvalue weighted by Crippen LogP contribution is -2.40. The maximum absolute atomic E-state index is 2.53. The fourth-order valence-electron chi connectivity index (χ4n) is 9.09. The van der Waals surface area contributed by atoms with Crippen LogP contribution in [0, 0.1) is 0 Å². The number of nitrogens with zero attached hydrogens (tertiary/aromatic N) is 1. The number of anilines is 2. The van der Waals surface area contributed by atoms with Gasteiger partial charge in [0.1, 0.15) is 0 Å². The topological polar surface area (TPSA) is 3.24 Å². The predicted octanol–water partition coefficient (Wildman–Crippen LogP) is 13.1. The summed E-state index contributed by atoms with van der Waals surface area (Å²) < 4.78 is 0. The first-order chi connectivity index (χ1) is 23.9. The summed E-state index contributed by atoms with van der Waals surface area (Å²) in [5.41, 5.74) is 17.1. The van der Waals surface area contributed by atoms with Gasteiger partial charge in [-0.15, -0.1) is 0 Å². The van der Waals surface area contributed by atoms with Crippen LogP contribution in [0.2, 0.25) is 0 Å². The van der Waals surface area contributed by atoms with Crippen molar-refractivity contribution in [1.29, 1.82) is 0 Å². The van der Waals surface area contributed by atoms with Gasteiger partial charge in [0, 0.05) is 27.6 Å². The normalized spacial score (nSPS) is 16.2. The molecule has 6 aromatic carbocycles. The molecule has 8 rings (SSSR count). The zero-order chi connectivity index (χ0) is 35.1. The fraction of sp³-hybridized carbons (Fsp3) is 0.265. The molecule has 1 heteroatoms. The van der Waals surface area contributed by atoms with Crippen molar-refractivity contribution >= 4 is 11.4 Å². The van der Waals surface area contributed by atoms with E-state index in [0.29, 0.717) is 0 Å². The van der Waals surface area contributed by atoms with E-state index in [1.54, 1.807) is 0 Å². The molecule has 0 saturated heterocycles. The molecule has 0 spiro atoms. The van der Waals surface area contributed by atoms with Gasteiger partial charge in [0.25, 0.3) is 0 Å². The molecule has 0 amide bonds. The first-order valence-corrected chi connectivity index (χ1v) is 18.3. The van der Waals surface area contributed by atoms with E-state index in [9.17, 15) is 0 Å². The third-order valence-corrected chi connectivity index (χ3v) is 12.5. The molecule has 0 heterocycles. The minimum atomic E-state index is -0.253. The summed E-state index contributed by atoms with van der Waals surface area (Å²) in [5, 5.41) is 0. The van der Waals surface area contributed by atoms with Crippen LogP contribution in [0.1, 0.15) is 101 Å². The number of fused-ring (bicyclic) bond motifs is 6. The Morgan fingerprint density at radius 3 is 1.30 bits per heavy atom. The molecule has 2 aliphatic carbocycles. The Morgan fingerprint density at radius 2 is 0.820 bits per heavy atom. The van der Waals surface area contributed by atoms with Gasteiger partial charge in [-0.25, -0.2) is 0 Å². The molecule has 6 aromatic rings. The molecule has 0 radical (unpaired) electrons. The second-order valence-corrected chi connectivity index (χ2v) is 16.3. The third-order valence-electron chi connectivity index (χ3n) is 12.5. The fourth-order valence-corrected chi connectivity index (χ4v) is 9.09. The molecule has 0 bridgehead atoms. The van der Waals surface area contributed by atoms with Crippen molar-refractivity contribution < 1.29 is 0 Å². The van der Waals surface area contributed by atoms with Crippen molar-refractivity contribution in [3.05, 3.63) is 178 Å². The van der Waals surface area contributed by atoms with E-state index < -0.39 is 0 Å². The molecular weight excluding hydrogens is 603 g/mol. The molecule has 0 saturated carbocycles. The third kappa shape index (κ3) is 4.66.